The third-order valence-corrected chi connectivity index (χ3v) is 2.66. The molecular weight excluding hydrogens is 302 g/mol. The summed E-state index contributed by atoms with van der Waals surface area (Å²) >= 11 is 0. The van der Waals surface area contributed by atoms with Crippen molar-refractivity contribution in [3.8, 4) is 0 Å². The monoisotopic (exact) mass is 316 g/mol. The van der Waals surface area contributed by atoms with Crippen LogP contribution in [-0.2, 0) is 10.9 Å². The Bertz CT molecular complexity index is 429. The number of alkyl halides is 6. The van der Waals surface area contributed by atoms with Crippen LogP contribution in [0.5, 0.6) is 0 Å². The van der Waals surface area contributed by atoms with E-state index in [1.54, 1.807) is 0 Å². The van der Waals surface area contributed by atoms with Gasteiger partial charge >= 0.3 is 12.4 Å². The second-order valence-corrected chi connectivity index (χ2v) is 4.30. The first-order valence-corrected chi connectivity index (χ1v) is 5.91. The van der Waals surface area contributed by atoms with Crippen LogP contribution in [0.2, 0.25) is 0 Å². The van der Waals surface area contributed by atoms with Crippen molar-refractivity contribution in [2.45, 2.75) is 24.8 Å². The molecule has 0 saturated carbocycles. The molecule has 0 aliphatic carbocycles. The number of hydrazine groups is 1. The Kier molecular flexibility index (Phi) is 5.99. The summed E-state index contributed by atoms with van der Waals surface area (Å²) in [6, 6.07) is 3.61. The molecule has 3 N–H and O–H groups in total. The van der Waals surface area contributed by atoms with Crippen molar-refractivity contribution >= 4 is 0 Å². The second kappa shape index (κ2) is 7.10. The minimum absolute atomic E-state index is 0.0952. The number of rotatable bonds is 6. The van der Waals surface area contributed by atoms with E-state index in [2.05, 4.69) is 10.2 Å². The van der Waals surface area contributed by atoms with Gasteiger partial charge in [0.05, 0.1) is 5.56 Å². The summed E-state index contributed by atoms with van der Waals surface area (Å²) in [6.07, 6.45) is -8.77. The molecule has 3 nitrogen and oxygen atoms in total. The van der Waals surface area contributed by atoms with Crippen molar-refractivity contribution in [2.75, 3.05) is 13.2 Å². The van der Waals surface area contributed by atoms with Gasteiger partial charge in [-0.15, -0.1) is 0 Å². The van der Waals surface area contributed by atoms with Crippen LogP contribution in [-0.4, -0.2) is 19.4 Å². The topological polar surface area (TPSA) is 47.3 Å². The van der Waals surface area contributed by atoms with Gasteiger partial charge in [0.25, 0.3) is 0 Å². The smallest absolute Gasteiger partial charge is 0.372 e. The van der Waals surface area contributed by atoms with Crippen molar-refractivity contribution in [1.29, 1.82) is 0 Å². The molecule has 0 aromatic heterocycles. The van der Waals surface area contributed by atoms with E-state index < -0.39 is 30.6 Å². The van der Waals surface area contributed by atoms with E-state index in [0.29, 0.717) is 5.56 Å². The maximum Gasteiger partial charge on any atom is 0.416 e. The van der Waals surface area contributed by atoms with Crippen LogP contribution in [0.3, 0.4) is 0 Å². The van der Waals surface area contributed by atoms with Crippen molar-refractivity contribution in [2.24, 2.45) is 5.84 Å². The van der Waals surface area contributed by atoms with Crippen molar-refractivity contribution < 1.29 is 31.1 Å². The Morgan fingerprint density at radius 1 is 1.05 bits per heavy atom. The van der Waals surface area contributed by atoms with Gasteiger partial charge in [-0.2, -0.15) is 26.3 Å². The zero-order valence-corrected chi connectivity index (χ0v) is 10.8. The molecular formula is C12H14F6N2O. The molecule has 1 atom stereocenters. The van der Waals surface area contributed by atoms with Gasteiger partial charge in [-0.1, -0.05) is 12.1 Å². The first-order chi connectivity index (χ1) is 9.63. The Labute approximate surface area is 117 Å². The molecule has 9 heteroatoms. The highest BCUT2D eigenvalue weighted by atomic mass is 19.4. The normalized spacial score (nSPS) is 14.2. The fraction of sp³-hybridized carbons (Fsp3) is 0.500. The van der Waals surface area contributed by atoms with Crippen LogP contribution < -0.4 is 11.3 Å². The molecule has 120 valence electrons. The molecule has 0 amide bonds. The molecule has 0 saturated heterocycles. The van der Waals surface area contributed by atoms with Crippen molar-refractivity contribution in [3.63, 3.8) is 0 Å². The van der Waals surface area contributed by atoms with Gasteiger partial charge in [0.2, 0.25) is 0 Å². The zero-order valence-electron chi connectivity index (χ0n) is 10.8. The van der Waals surface area contributed by atoms with E-state index in [1.165, 1.54) is 12.1 Å². The van der Waals surface area contributed by atoms with Gasteiger partial charge in [-0.05, 0) is 24.1 Å². The van der Waals surface area contributed by atoms with Crippen LogP contribution in [0.4, 0.5) is 26.3 Å². The molecule has 0 spiro atoms. The van der Waals surface area contributed by atoms with Crippen LogP contribution in [0.1, 0.15) is 23.6 Å². The molecule has 21 heavy (non-hydrogen) atoms. The lowest BCUT2D eigenvalue weighted by molar-refractivity contribution is -0.174. The average molecular weight is 316 g/mol. The molecule has 0 aliphatic rings. The van der Waals surface area contributed by atoms with E-state index in [1.807, 2.05) is 0 Å². The fourth-order valence-electron chi connectivity index (χ4n) is 1.64. The lowest BCUT2D eigenvalue weighted by Crippen LogP contribution is -2.29. The van der Waals surface area contributed by atoms with E-state index in [-0.39, 0.29) is 13.0 Å². The van der Waals surface area contributed by atoms with Crippen molar-refractivity contribution in [1.82, 2.24) is 5.43 Å². The highest BCUT2D eigenvalue weighted by Crippen LogP contribution is 2.30. The Morgan fingerprint density at radius 2 is 1.62 bits per heavy atom. The van der Waals surface area contributed by atoms with E-state index >= 15 is 0 Å². The number of nitrogens with one attached hydrogen (secondary N) is 1. The number of hydrogen-bond acceptors (Lipinski definition) is 3. The summed E-state index contributed by atoms with van der Waals surface area (Å²) in [4.78, 5) is 0. The standard InChI is InChI=1S/C12H14F6N2O/c13-11(14,15)7-21-6-5-10(20-19)8-1-3-9(4-2-8)12(16,17)18/h1-4,10,20H,5-7,19H2. The molecule has 1 unspecified atom stereocenters. The summed E-state index contributed by atoms with van der Waals surface area (Å²) in [6.45, 7) is -1.60. The molecule has 0 radical (unpaired) electrons. The first-order valence-electron chi connectivity index (χ1n) is 5.91. The Hall–Kier alpha value is -1.32. The Balaban J connectivity index is 2.56. The Morgan fingerprint density at radius 3 is 2.05 bits per heavy atom. The third kappa shape index (κ3) is 6.32. The summed E-state index contributed by atoms with van der Waals surface area (Å²) < 4.78 is 77.2. The van der Waals surface area contributed by atoms with E-state index in [9.17, 15) is 26.3 Å². The molecule has 1 aromatic rings. The van der Waals surface area contributed by atoms with Gasteiger partial charge in [0.1, 0.15) is 6.61 Å². The van der Waals surface area contributed by atoms with Crippen LogP contribution >= 0.6 is 0 Å². The summed E-state index contributed by atoms with van der Waals surface area (Å²) in [5, 5.41) is 0. The number of ether oxygens (including phenoxy) is 1. The number of halogens is 6. The minimum Gasteiger partial charge on any atom is -0.372 e. The second-order valence-electron chi connectivity index (χ2n) is 4.30. The maximum atomic E-state index is 12.4. The van der Waals surface area contributed by atoms with Gasteiger partial charge in [0, 0.05) is 12.6 Å². The van der Waals surface area contributed by atoms with Gasteiger partial charge in [-0.25, -0.2) is 0 Å². The molecule has 0 bridgehead atoms. The molecule has 0 aliphatic heterocycles. The maximum absolute atomic E-state index is 12.4. The van der Waals surface area contributed by atoms with E-state index in [4.69, 9.17) is 5.84 Å². The average Bonchev–Trinajstić information content (AvgIpc) is 2.37. The predicted molar refractivity (Wildman–Crippen MR) is 63.0 cm³/mol. The van der Waals surface area contributed by atoms with Crippen LogP contribution in [0, 0.1) is 0 Å². The predicted octanol–water partition coefficient (Wildman–Crippen LogP) is 3.18. The lowest BCUT2D eigenvalue weighted by atomic mass is 10.0. The van der Waals surface area contributed by atoms with Crippen LogP contribution in [0.15, 0.2) is 24.3 Å². The van der Waals surface area contributed by atoms with E-state index in [0.717, 1.165) is 12.1 Å². The van der Waals surface area contributed by atoms with Crippen molar-refractivity contribution in [3.05, 3.63) is 35.4 Å². The zero-order chi connectivity index (χ0) is 16.1. The summed E-state index contributed by atoms with van der Waals surface area (Å²) in [5.41, 5.74) is 1.95. The summed E-state index contributed by atoms with van der Waals surface area (Å²) in [5.74, 6) is 5.25. The number of benzene rings is 1. The SMILES string of the molecule is NNC(CCOCC(F)(F)F)c1ccc(C(F)(F)F)cc1. The first kappa shape index (κ1) is 17.7. The summed E-state index contributed by atoms with van der Waals surface area (Å²) in [7, 11) is 0. The quantitative estimate of drug-likeness (QED) is 0.367. The largest absolute Gasteiger partial charge is 0.416 e. The van der Waals surface area contributed by atoms with Gasteiger partial charge in [0.15, 0.2) is 0 Å². The third-order valence-electron chi connectivity index (χ3n) is 2.66. The van der Waals surface area contributed by atoms with Crippen LogP contribution in [0.25, 0.3) is 0 Å². The fourth-order valence-corrected chi connectivity index (χ4v) is 1.64. The number of hydrogen-bond donors (Lipinski definition) is 2. The number of nitrogens with two attached hydrogens (primary N) is 1. The molecule has 0 heterocycles. The molecule has 0 fully saturated rings. The molecule has 1 rings (SSSR count). The van der Waals surface area contributed by atoms with Gasteiger partial charge in [-0.3, -0.25) is 11.3 Å². The highest BCUT2D eigenvalue weighted by molar-refractivity contribution is 5.26. The van der Waals surface area contributed by atoms with Gasteiger partial charge < -0.3 is 4.74 Å². The molecule has 1 aromatic carbocycles. The highest BCUT2D eigenvalue weighted by Gasteiger charge is 2.30. The lowest BCUT2D eigenvalue weighted by Gasteiger charge is -2.17. The minimum atomic E-state index is -4.44.